The molecule has 5 nitrogen and oxygen atoms in total. The van der Waals surface area contributed by atoms with Crippen LogP contribution in [0.2, 0.25) is 0 Å². The van der Waals surface area contributed by atoms with Crippen molar-refractivity contribution in [1.29, 1.82) is 0 Å². The maximum atomic E-state index is 5.49. The average Bonchev–Trinajstić information content (AvgIpc) is 2.96. The molecule has 80 valence electrons. The van der Waals surface area contributed by atoms with E-state index in [4.69, 9.17) is 5.73 Å². The van der Waals surface area contributed by atoms with Gasteiger partial charge in [0.15, 0.2) is 0 Å². The molecule has 6 heteroatoms. The predicted molar refractivity (Wildman–Crippen MR) is 62.4 cm³/mol. The lowest BCUT2D eigenvalue weighted by atomic mass is 10.3. The fourth-order valence-corrected chi connectivity index (χ4v) is 2.21. The Labute approximate surface area is 95.5 Å². The molecule has 0 saturated carbocycles. The Balaban J connectivity index is 2.10. The number of benzene rings is 1. The summed E-state index contributed by atoms with van der Waals surface area (Å²) in [5.74, 6) is 0. The van der Waals surface area contributed by atoms with Crippen LogP contribution in [0.3, 0.4) is 0 Å². The topological polar surface area (TPSA) is 69.6 Å². The molecular formula is C10H9N5S. The Kier molecular flexibility index (Phi) is 2.16. The molecule has 2 aromatic heterocycles. The molecule has 0 atom stereocenters. The van der Waals surface area contributed by atoms with Crippen LogP contribution < -0.4 is 5.73 Å². The quantitative estimate of drug-likeness (QED) is 0.722. The lowest BCUT2D eigenvalue weighted by Gasteiger charge is -1.98. The van der Waals surface area contributed by atoms with E-state index in [0.717, 1.165) is 21.6 Å². The molecule has 16 heavy (non-hydrogen) atoms. The normalized spacial score (nSPS) is 11.1. The number of nitrogens with two attached hydrogens (primary N) is 1. The van der Waals surface area contributed by atoms with Crippen molar-refractivity contribution in [1.82, 2.24) is 20.0 Å². The summed E-state index contributed by atoms with van der Waals surface area (Å²) >= 11 is 1.61. The minimum absolute atomic E-state index is 0.406. The van der Waals surface area contributed by atoms with Gasteiger partial charge in [-0.1, -0.05) is 5.21 Å². The van der Waals surface area contributed by atoms with Crippen molar-refractivity contribution < 1.29 is 0 Å². The van der Waals surface area contributed by atoms with E-state index in [-0.39, 0.29) is 0 Å². The molecule has 0 amide bonds. The van der Waals surface area contributed by atoms with Gasteiger partial charge in [0.25, 0.3) is 0 Å². The molecule has 0 saturated heterocycles. The van der Waals surface area contributed by atoms with E-state index in [2.05, 4.69) is 15.3 Å². The molecule has 0 radical (unpaired) electrons. The van der Waals surface area contributed by atoms with Crippen LogP contribution in [-0.2, 0) is 6.54 Å². The first-order valence-corrected chi connectivity index (χ1v) is 5.70. The van der Waals surface area contributed by atoms with Gasteiger partial charge in [-0.2, -0.15) is 0 Å². The number of hydrogen-bond acceptors (Lipinski definition) is 5. The predicted octanol–water partition coefficient (Wildman–Crippen LogP) is 1.34. The summed E-state index contributed by atoms with van der Waals surface area (Å²) in [4.78, 5) is 4.23. The SMILES string of the molecule is NCc1cn(-c2ccc3ncsc3c2)nn1. The largest absolute Gasteiger partial charge is 0.325 e. The summed E-state index contributed by atoms with van der Waals surface area (Å²) in [7, 11) is 0. The second kappa shape index (κ2) is 3.66. The van der Waals surface area contributed by atoms with Crippen molar-refractivity contribution in [2.24, 2.45) is 5.73 Å². The van der Waals surface area contributed by atoms with Crippen LogP contribution >= 0.6 is 11.3 Å². The zero-order valence-corrected chi connectivity index (χ0v) is 9.18. The molecule has 0 bridgehead atoms. The number of hydrogen-bond donors (Lipinski definition) is 1. The fraction of sp³-hybridized carbons (Fsp3) is 0.100. The maximum absolute atomic E-state index is 5.49. The van der Waals surface area contributed by atoms with Crippen LogP contribution in [0.1, 0.15) is 5.69 Å². The van der Waals surface area contributed by atoms with Gasteiger partial charge in [0.2, 0.25) is 0 Å². The number of fused-ring (bicyclic) bond motifs is 1. The highest BCUT2D eigenvalue weighted by Crippen LogP contribution is 2.20. The first-order valence-electron chi connectivity index (χ1n) is 4.82. The molecule has 0 aliphatic heterocycles. The first kappa shape index (κ1) is 9.44. The van der Waals surface area contributed by atoms with Crippen molar-refractivity contribution in [3.05, 3.63) is 35.6 Å². The Morgan fingerprint density at radius 2 is 2.31 bits per heavy atom. The molecule has 0 spiro atoms. The molecule has 0 aliphatic carbocycles. The van der Waals surface area contributed by atoms with E-state index >= 15 is 0 Å². The van der Waals surface area contributed by atoms with Crippen LogP contribution in [0.25, 0.3) is 15.9 Å². The Morgan fingerprint density at radius 3 is 3.12 bits per heavy atom. The lowest BCUT2D eigenvalue weighted by molar-refractivity contribution is 0.797. The number of rotatable bonds is 2. The molecule has 0 unspecified atom stereocenters. The standard InChI is InChI=1S/C10H9N5S/c11-4-7-5-15(14-13-7)8-1-2-9-10(3-8)16-6-12-9/h1-3,5-6H,4,11H2. The van der Waals surface area contributed by atoms with Crippen molar-refractivity contribution in [2.45, 2.75) is 6.54 Å². The second-order valence-electron chi connectivity index (χ2n) is 3.36. The maximum Gasteiger partial charge on any atom is 0.0967 e. The van der Waals surface area contributed by atoms with Crippen LogP contribution in [0.5, 0.6) is 0 Å². The van der Waals surface area contributed by atoms with Crippen molar-refractivity contribution >= 4 is 21.6 Å². The fourth-order valence-electron chi connectivity index (χ4n) is 1.50. The third-order valence-corrected chi connectivity index (χ3v) is 3.12. The van der Waals surface area contributed by atoms with Gasteiger partial charge in [-0.25, -0.2) is 9.67 Å². The monoisotopic (exact) mass is 231 g/mol. The van der Waals surface area contributed by atoms with Gasteiger partial charge in [-0.05, 0) is 18.2 Å². The summed E-state index contributed by atoms with van der Waals surface area (Å²) in [6.45, 7) is 0.406. The summed E-state index contributed by atoms with van der Waals surface area (Å²) < 4.78 is 2.86. The van der Waals surface area contributed by atoms with Crippen molar-refractivity contribution in [3.63, 3.8) is 0 Å². The smallest absolute Gasteiger partial charge is 0.0967 e. The van der Waals surface area contributed by atoms with E-state index < -0.39 is 0 Å². The second-order valence-corrected chi connectivity index (χ2v) is 4.25. The number of nitrogens with zero attached hydrogens (tertiary/aromatic N) is 4. The van der Waals surface area contributed by atoms with Gasteiger partial charge in [0, 0.05) is 6.54 Å². The van der Waals surface area contributed by atoms with Crippen LogP contribution in [-0.4, -0.2) is 20.0 Å². The third kappa shape index (κ3) is 1.48. The van der Waals surface area contributed by atoms with E-state index in [9.17, 15) is 0 Å². The molecular weight excluding hydrogens is 222 g/mol. The molecule has 0 fully saturated rings. The average molecular weight is 231 g/mol. The van der Waals surface area contributed by atoms with Gasteiger partial charge >= 0.3 is 0 Å². The van der Waals surface area contributed by atoms with E-state index in [1.165, 1.54) is 0 Å². The molecule has 0 aliphatic rings. The third-order valence-electron chi connectivity index (χ3n) is 2.33. The summed E-state index contributed by atoms with van der Waals surface area (Å²) in [6, 6.07) is 5.99. The molecule has 2 heterocycles. The minimum Gasteiger partial charge on any atom is -0.325 e. The number of aromatic nitrogens is 4. The van der Waals surface area contributed by atoms with Crippen LogP contribution in [0, 0.1) is 0 Å². The highest BCUT2D eigenvalue weighted by Gasteiger charge is 2.03. The molecule has 3 rings (SSSR count). The van der Waals surface area contributed by atoms with E-state index in [1.54, 1.807) is 16.0 Å². The van der Waals surface area contributed by atoms with Gasteiger partial charge in [0.05, 0.1) is 33.3 Å². The first-order chi connectivity index (χ1) is 7.86. The lowest BCUT2D eigenvalue weighted by Crippen LogP contribution is -1.95. The summed E-state index contributed by atoms with van der Waals surface area (Å²) in [5, 5.41) is 7.97. The zero-order valence-electron chi connectivity index (χ0n) is 8.37. The highest BCUT2D eigenvalue weighted by molar-refractivity contribution is 7.16. The molecule has 1 aromatic carbocycles. The van der Waals surface area contributed by atoms with E-state index in [0.29, 0.717) is 6.54 Å². The molecule has 3 aromatic rings. The highest BCUT2D eigenvalue weighted by atomic mass is 32.1. The summed E-state index contributed by atoms with van der Waals surface area (Å²) in [5.41, 5.74) is 10.1. The van der Waals surface area contributed by atoms with Gasteiger partial charge in [-0.3, -0.25) is 0 Å². The van der Waals surface area contributed by atoms with Gasteiger partial charge in [0.1, 0.15) is 0 Å². The molecule has 2 N–H and O–H groups in total. The van der Waals surface area contributed by atoms with Gasteiger partial charge < -0.3 is 5.73 Å². The van der Waals surface area contributed by atoms with Crippen LogP contribution in [0.4, 0.5) is 0 Å². The van der Waals surface area contributed by atoms with Crippen molar-refractivity contribution in [3.8, 4) is 5.69 Å². The zero-order chi connectivity index (χ0) is 11.0. The van der Waals surface area contributed by atoms with Crippen LogP contribution in [0.15, 0.2) is 29.9 Å². The number of thiazole rings is 1. The van der Waals surface area contributed by atoms with Gasteiger partial charge in [-0.15, -0.1) is 16.4 Å². The summed E-state index contributed by atoms with van der Waals surface area (Å²) in [6.07, 6.45) is 1.84. The van der Waals surface area contributed by atoms with Crippen molar-refractivity contribution in [2.75, 3.05) is 0 Å². The Morgan fingerprint density at radius 1 is 1.38 bits per heavy atom. The Bertz CT molecular complexity index is 627. The van der Waals surface area contributed by atoms with E-state index in [1.807, 2.05) is 29.9 Å². The Hall–Kier alpha value is -1.79. The minimum atomic E-state index is 0.406.